The molecule has 0 atom stereocenters. The minimum Gasteiger partial charge on any atom is -0.480 e. The Bertz CT molecular complexity index is 293. The number of hydrogen-bond donors (Lipinski definition) is 2. The molecule has 0 aromatic carbocycles. The maximum absolute atomic E-state index is 11.8. The molecular formula is C12H22N2O3. The summed E-state index contributed by atoms with van der Waals surface area (Å²) in [6.07, 6.45) is 2.71. The van der Waals surface area contributed by atoms with Crippen molar-refractivity contribution < 1.29 is 14.7 Å². The number of nitrogens with one attached hydrogen (secondary N) is 1. The number of carboxylic acid groups (broad SMARTS) is 1. The van der Waals surface area contributed by atoms with Crippen molar-refractivity contribution in [2.24, 2.45) is 5.41 Å². The first-order valence-corrected chi connectivity index (χ1v) is 6.06. The minimum absolute atomic E-state index is 0.126. The molecule has 0 aromatic rings. The average Bonchev–Trinajstić information content (AvgIpc) is 2.94. The fourth-order valence-electron chi connectivity index (χ4n) is 1.54. The van der Waals surface area contributed by atoms with E-state index in [1.54, 1.807) is 0 Å². The molecule has 0 unspecified atom stereocenters. The second-order valence-electron chi connectivity index (χ2n) is 5.80. The summed E-state index contributed by atoms with van der Waals surface area (Å²) in [5.41, 5.74) is 0.171. The van der Waals surface area contributed by atoms with E-state index in [0.29, 0.717) is 6.54 Å². The zero-order chi connectivity index (χ0) is 13.1. The third-order valence-electron chi connectivity index (χ3n) is 2.71. The molecule has 5 heteroatoms. The normalized spacial score (nSPS) is 15.5. The van der Waals surface area contributed by atoms with Gasteiger partial charge < -0.3 is 15.3 Å². The number of carboxylic acids is 1. The molecule has 0 spiro atoms. The molecular weight excluding hydrogens is 220 g/mol. The van der Waals surface area contributed by atoms with Crippen molar-refractivity contribution in [1.29, 1.82) is 0 Å². The van der Waals surface area contributed by atoms with Crippen molar-refractivity contribution in [3.63, 3.8) is 0 Å². The molecule has 0 radical (unpaired) electrons. The number of carbonyl (C=O) groups excluding carboxylic acids is 1. The van der Waals surface area contributed by atoms with Crippen LogP contribution in [0.1, 0.15) is 40.0 Å². The lowest BCUT2D eigenvalue weighted by Gasteiger charge is -2.23. The van der Waals surface area contributed by atoms with E-state index in [1.807, 2.05) is 0 Å². The van der Waals surface area contributed by atoms with Crippen molar-refractivity contribution in [1.82, 2.24) is 10.2 Å². The molecule has 17 heavy (non-hydrogen) atoms. The number of nitrogens with zero attached hydrogens (tertiary/aromatic N) is 1. The van der Waals surface area contributed by atoms with E-state index < -0.39 is 5.97 Å². The van der Waals surface area contributed by atoms with Gasteiger partial charge in [-0.25, -0.2) is 4.79 Å². The molecule has 1 saturated carbocycles. The fourth-order valence-corrected chi connectivity index (χ4v) is 1.54. The van der Waals surface area contributed by atoms with Crippen LogP contribution in [0.5, 0.6) is 0 Å². The Hall–Kier alpha value is -1.26. The van der Waals surface area contributed by atoms with Gasteiger partial charge in [0.05, 0.1) is 0 Å². The van der Waals surface area contributed by atoms with Gasteiger partial charge >= 0.3 is 12.0 Å². The monoisotopic (exact) mass is 242 g/mol. The SMILES string of the molecule is CC(C)(C)CCNC(=O)N(CC(=O)O)C1CC1. The van der Waals surface area contributed by atoms with Crippen LogP contribution in [0.25, 0.3) is 0 Å². The smallest absolute Gasteiger partial charge is 0.323 e. The lowest BCUT2D eigenvalue weighted by atomic mass is 9.92. The number of amides is 2. The third kappa shape index (κ3) is 5.56. The maximum Gasteiger partial charge on any atom is 0.323 e. The minimum atomic E-state index is -0.956. The largest absolute Gasteiger partial charge is 0.480 e. The summed E-state index contributed by atoms with van der Waals surface area (Å²) in [7, 11) is 0. The standard InChI is InChI=1S/C12H22N2O3/c1-12(2,3)6-7-13-11(17)14(8-10(15)16)9-4-5-9/h9H,4-8H2,1-3H3,(H,13,17)(H,15,16). The molecule has 0 heterocycles. The summed E-state index contributed by atoms with van der Waals surface area (Å²) < 4.78 is 0. The van der Waals surface area contributed by atoms with Crippen molar-refractivity contribution in [3.05, 3.63) is 0 Å². The Labute approximate surface area is 102 Å². The number of hydrogen-bond acceptors (Lipinski definition) is 2. The Morgan fingerprint density at radius 2 is 1.94 bits per heavy atom. The predicted octanol–water partition coefficient (Wildman–Crippen LogP) is 1.68. The van der Waals surface area contributed by atoms with Crippen molar-refractivity contribution >= 4 is 12.0 Å². The highest BCUT2D eigenvalue weighted by atomic mass is 16.4. The molecule has 1 aliphatic carbocycles. The highest BCUT2D eigenvalue weighted by molar-refractivity contribution is 5.80. The highest BCUT2D eigenvalue weighted by Gasteiger charge is 2.33. The molecule has 0 aliphatic heterocycles. The van der Waals surface area contributed by atoms with E-state index >= 15 is 0 Å². The van der Waals surface area contributed by atoms with Gasteiger partial charge in [0.2, 0.25) is 0 Å². The second kappa shape index (κ2) is 5.38. The first-order chi connectivity index (χ1) is 7.79. The molecule has 0 saturated heterocycles. The van der Waals surface area contributed by atoms with Crippen molar-refractivity contribution in [2.75, 3.05) is 13.1 Å². The van der Waals surface area contributed by atoms with E-state index in [1.165, 1.54) is 4.90 Å². The average molecular weight is 242 g/mol. The Balaban J connectivity index is 2.35. The van der Waals surface area contributed by atoms with E-state index in [0.717, 1.165) is 19.3 Å². The number of urea groups is 1. The van der Waals surface area contributed by atoms with Crippen LogP contribution < -0.4 is 5.32 Å². The molecule has 2 N–H and O–H groups in total. The van der Waals surface area contributed by atoms with Crippen LogP contribution in [-0.2, 0) is 4.79 Å². The van der Waals surface area contributed by atoms with Gasteiger partial charge in [-0.3, -0.25) is 4.79 Å². The molecule has 5 nitrogen and oxygen atoms in total. The zero-order valence-corrected chi connectivity index (χ0v) is 10.8. The van der Waals surface area contributed by atoms with Gasteiger partial charge in [-0.1, -0.05) is 20.8 Å². The quantitative estimate of drug-likeness (QED) is 0.770. The lowest BCUT2D eigenvalue weighted by Crippen LogP contribution is -2.44. The van der Waals surface area contributed by atoms with Gasteiger partial charge in [0.1, 0.15) is 6.54 Å². The van der Waals surface area contributed by atoms with Gasteiger partial charge in [0, 0.05) is 12.6 Å². The Kier molecular flexibility index (Phi) is 4.37. The number of aliphatic carboxylic acids is 1. The van der Waals surface area contributed by atoms with E-state index in [-0.39, 0.29) is 24.0 Å². The van der Waals surface area contributed by atoms with Crippen LogP contribution in [-0.4, -0.2) is 41.1 Å². The maximum atomic E-state index is 11.8. The first-order valence-electron chi connectivity index (χ1n) is 6.06. The van der Waals surface area contributed by atoms with Crippen LogP contribution in [0.15, 0.2) is 0 Å². The summed E-state index contributed by atoms with van der Waals surface area (Å²) in [5, 5.41) is 11.5. The fraction of sp³-hybridized carbons (Fsp3) is 0.833. The Morgan fingerprint density at radius 3 is 2.35 bits per heavy atom. The number of rotatable bonds is 5. The molecule has 1 aliphatic rings. The van der Waals surface area contributed by atoms with Crippen LogP contribution >= 0.6 is 0 Å². The molecule has 98 valence electrons. The van der Waals surface area contributed by atoms with E-state index in [2.05, 4.69) is 26.1 Å². The molecule has 0 aromatic heterocycles. The van der Waals surface area contributed by atoms with Gasteiger partial charge in [0.15, 0.2) is 0 Å². The Morgan fingerprint density at radius 1 is 1.35 bits per heavy atom. The summed E-state index contributed by atoms with van der Waals surface area (Å²) >= 11 is 0. The van der Waals surface area contributed by atoms with Gasteiger partial charge in [-0.15, -0.1) is 0 Å². The first kappa shape index (κ1) is 13.8. The third-order valence-corrected chi connectivity index (χ3v) is 2.71. The molecule has 1 fully saturated rings. The molecule has 0 bridgehead atoms. The van der Waals surface area contributed by atoms with Crippen LogP contribution in [0.3, 0.4) is 0 Å². The number of carbonyl (C=O) groups is 2. The van der Waals surface area contributed by atoms with Crippen LogP contribution in [0.2, 0.25) is 0 Å². The summed E-state index contributed by atoms with van der Waals surface area (Å²) in [5.74, 6) is -0.956. The van der Waals surface area contributed by atoms with Gasteiger partial charge in [-0.05, 0) is 24.7 Å². The zero-order valence-electron chi connectivity index (χ0n) is 10.8. The van der Waals surface area contributed by atoms with Crippen LogP contribution in [0, 0.1) is 5.41 Å². The molecule has 1 rings (SSSR count). The van der Waals surface area contributed by atoms with Crippen LogP contribution in [0.4, 0.5) is 4.79 Å². The molecule has 2 amide bonds. The summed E-state index contributed by atoms with van der Waals surface area (Å²) in [6, 6.07) is -0.125. The van der Waals surface area contributed by atoms with Gasteiger partial charge in [0.25, 0.3) is 0 Å². The van der Waals surface area contributed by atoms with Crippen molar-refractivity contribution in [3.8, 4) is 0 Å². The topological polar surface area (TPSA) is 69.6 Å². The lowest BCUT2D eigenvalue weighted by molar-refractivity contribution is -0.137. The summed E-state index contributed by atoms with van der Waals surface area (Å²) in [6.45, 7) is 6.70. The predicted molar refractivity (Wildman–Crippen MR) is 64.8 cm³/mol. The van der Waals surface area contributed by atoms with Gasteiger partial charge in [-0.2, -0.15) is 0 Å². The highest BCUT2D eigenvalue weighted by Crippen LogP contribution is 2.26. The van der Waals surface area contributed by atoms with E-state index in [9.17, 15) is 9.59 Å². The van der Waals surface area contributed by atoms with E-state index in [4.69, 9.17) is 5.11 Å². The summed E-state index contributed by atoms with van der Waals surface area (Å²) in [4.78, 5) is 23.9. The van der Waals surface area contributed by atoms with Crippen molar-refractivity contribution in [2.45, 2.75) is 46.1 Å². The second-order valence-corrected chi connectivity index (χ2v) is 5.80.